The van der Waals surface area contributed by atoms with Gasteiger partial charge in [0, 0.05) is 5.02 Å². The number of amides is 2. The van der Waals surface area contributed by atoms with Gasteiger partial charge in [0.15, 0.2) is 5.78 Å². The van der Waals surface area contributed by atoms with Gasteiger partial charge in [0.05, 0.1) is 28.4 Å². The number of halogens is 1. The van der Waals surface area contributed by atoms with Gasteiger partial charge in [0.1, 0.15) is 0 Å². The molecule has 186 valence electrons. The summed E-state index contributed by atoms with van der Waals surface area (Å²) in [7, 11) is 0. The van der Waals surface area contributed by atoms with Crippen molar-refractivity contribution in [3.05, 3.63) is 101 Å². The molecule has 37 heavy (non-hydrogen) atoms. The maximum absolute atomic E-state index is 14.6. The molecule has 2 fully saturated rings. The first-order valence-electron chi connectivity index (χ1n) is 12.8. The average Bonchev–Trinajstić information content (AvgIpc) is 3.37. The molecule has 3 aromatic carbocycles. The van der Waals surface area contributed by atoms with Crippen molar-refractivity contribution in [3.63, 3.8) is 0 Å². The van der Waals surface area contributed by atoms with Crippen molar-refractivity contribution in [2.75, 3.05) is 4.90 Å². The van der Waals surface area contributed by atoms with Crippen LogP contribution >= 0.6 is 11.6 Å². The van der Waals surface area contributed by atoms with E-state index in [0.717, 1.165) is 27.8 Å². The van der Waals surface area contributed by atoms with E-state index in [-0.39, 0.29) is 17.6 Å². The van der Waals surface area contributed by atoms with Crippen LogP contribution in [0.2, 0.25) is 5.02 Å². The monoisotopic (exact) mass is 509 g/mol. The SMILES string of the molecule is CCC[C@]12C(=O)[C@@](C)(C(c3ccccc3)=C1c1ccccc1)[C@@H]1C(=O)N(c3ccc(C)c(Cl)c3)C(=O)[C@H]12. The summed E-state index contributed by atoms with van der Waals surface area (Å²) in [6, 6.07) is 25.0. The molecular formula is C32H28ClNO3. The Labute approximate surface area is 221 Å². The Morgan fingerprint density at radius 1 is 0.811 bits per heavy atom. The van der Waals surface area contributed by atoms with Gasteiger partial charge < -0.3 is 0 Å². The summed E-state index contributed by atoms with van der Waals surface area (Å²) in [4.78, 5) is 44.4. The molecule has 1 saturated heterocycles. The standard InChI is InChI=1S/C32H28ClNO3/c1-4-17-32-25(21-13-9-6-10-14-21)24(20-11-7-5-8-12-20)31(3,30(32)37)26-27(32)29(36)34(28(26)35)22-16-15-19(2)23(33)18-22/h5-16,18,26-27H,4,17H2,1-3H3/t26-,27-,31-,32-/m0/s1. The van der Waals surface area contributed by atoms with Crippen molar-refractivity contribution in [1.82, 2.24) is 0 Å². The number of imide groups is 1. The lowest BCUT2D eigenvalue weighted by Crippen LogP contribution is -2.41. The number of anilines is 1. The second-order valence-electron chi connectivity index (χ2n) is 10.6. The number of aryl methyl sites for hydroxylation is 1. The second-order valence-corrected chi connectivity index (χ2v) is 11.0. The van der Waals surface area contributed by atoms with Gasteiger partial charge in [-0.2, -0.15) is 0 Å². The highest BCUT2D eigenvalue weighted by Gasteiger charge is 2.80. The number of nitrogens with zero attached hydrogens (tertiary/aromatic N) is 1. The zero-order valence-corrected chi connectivity index (χ0v) is 21.9. The number of fused-ring (bicyclic) bond motifs is 5. The van der Waals surface area contributed by atoms with Crippen molar-refractivity contribution < 1.29 is 14.4 Å². The van der Waals surface area contributed by atoms with Crippen LogP contribution < -0.4 is 4.90 Å². The average molecular weight is 510 g/mol. The van der Waals surface area contributed by atoms with Crippen LogP contribution in [0.15, 0.2) is 78.9 Å². The van der Waals surface area contributed by atoms with Gasteiger partial charge in [0.25, 0.3) is 0 Å². The Morgan fingerprint density at radius 3 is 1.95 bits per heavy atom. The molecule has 3 aliphatic rings. The number of hydrogen-bond donors (Lipinski definition) is 0. The van der Waals surface area contributed by atoms with Crippen LogP contribution in [0, 0.1) is 29.6 Å². The summed E-state index contributed by atoms with van der Waals surface area (Å²) in [6.07, 6.45) is 1.21. The van der Waals surface area contributed by atoms with E-state index >= 15 is 0 Å². The highest BCUT2D eigenvalue weighted by atomic mass is 35.5. The van der Waals surface area contributed by atoms with Gasteiger partial charge in [-0.05, 0) is 60.2 Å². The Morgan fingerprint density at radius 2 is 1.38 bits per heavy atom. The first kappa shape index (κ1) is 23.9. The van der Waals surface area contributed by atoms with Crippen LogP contribution in [0.1, 0.15) is 43.4 Å². The van der Waals surface area contributed by atoms with E-state index in [4.69, 9.17) is 11.6 Å². The molecule has 0 spiro atoms. The molecule has 0 N–H and O–H groups in total. The Kier molecular flexibility index (Phi) is 5.33. The fourth-order valence-corrected chi connectivity index (χ4v) is 7.51. The Hall–Kier alpha value is -3.50. The maximum atomic E-state index is 14.6. The molecule has 0 aromatic heterocycles. The van der Waals surface area contributed by atoms with Crippen molar-refractivity contribution in [2.45, 2.75) is 33.6 Å². The predicted octanol–water partition coefficient (Wildman–Crippen LogP) is 6.75. The van der Waals surface area contributed by atoms with Crippen molar-refractivity contribution in [2.24, 2.45) is 22.7 Å². The minimum Gasteiger partial charge on any atom is -0.298 e. The van der Waals surface area contributed by atoms with E-state index in [1.807, 2.05) is 87.5 Å². The molecule has 4 atom stereocenters. The zero-order valence-electron chi connectivity index (χ0n) is 21.1. The third-order valence-corrected chi connectivity index (χ3v) is 9.14. The molecule has 3 aromatic rings. The van der Waals surface area contributed by atoms with Gasteiger partial charge >= 0.3 is 0 Å². The number of benzene rings is 3. The number of hydrogen-bond acceptors (Lipinski definition) is 3. The van der Waals surface area contributed by atoms with E-state index < -0.39 is 22.7 Å². The quantitative estimate of drug-likeness (QED) is 0.357. The zero-order chi connectivity index (χ0) is 26.1. The molecular weight excluding hydrogens is 482 g/mol. The molecule has 2 aliphatic carbocycles. The lowest BCUT2D eigenvalue weighted by atomic mass is 9.61. The first-order chi connectivity index (χ1) is 17.8. The van der Waals surface area contributed by atoms with Gasteiger partial charge in [-0.3, -0.25) is 14.4 Å². The molecule has 0 radical (unpaired) electrons. The highest BCUT2D eigenvalue weighted by Crippen LogP contribution is 2.75. The molecule has 1 saturated carbocycles. The van der Waals surface area contributed by atoms with Gasteiger partial charge in [-0.15, -0.1) is 0 Å². The summed E-state index contributed by atoms with van der Waals surface area (Å²) < 4.78 is 0. The summed E-state index contributed by atoms with van der Waals surface area (Å²) in [5.74, 6) is -2.13. The second kappa shape index (κ2) is 8.26. The fraction of sp³-hybridized carbons (Fsp3) is 0.281. The molecule has 2 amide bonds. The number of carbonyl (C=O) groups is 3. The van der Waals surface area contributed by atoms with E-state index in [9.17, 15) is 14.4 Å². The van der Waals surface area contributed by atoms with Crippen LogP contribution in [0.25, 0.3) is 11.1 Å². The molecule has 2 bridgehead atoms. The number of allylic oxidation sites excluding steroid dienone is 2. The first-order valence-corrected chi connectivity index (χ1v) is 13.2. The third-order valence-electron chi connectivity index (χ3n) is 8.73. The van der Waals surface area contributed by atoms with Crippen LogP contribution in [0.3, 0.4) is 0 Å². The molecule has 0 unspecified atom stereocenters. The van der Waals surface area contributed by atoms with Crippen LogP contribution in [0.4, 0.5) is 5.69 Å². The smallest absolute Gasteiger partial charge is 0.239 e. The minimum absolute atomic E-state index is 0.00200. The van der Waals surface area contributed by atoms with Gasteiger partial charge in [0.2, 0.25) is 11.8 Å². The van der Waals surface area contributed by atoms with Gasteiger partial charge in [-0.25, -0.2) is 4.90 Å². The lowest BCUT2D eigenvalue weighted by molar-refractivity contribution is -0.134. The van der Waals surface area contributed by atoms with Crippen molar-refractivity contribution in [3.8, 4) is 0 Å². The Bertz CT molecular complexity index is 1490. The van der Waals surface area contributed by atoms with E-state index in [2.05, 4.69) is 0 Å². The van der Waals surface area contributed by atoms with Crippen LogP contribution in [-0.2, 0) is 14.4 Å². The summed E-state index contributed by atoms with van der Waals surface area (Å²) in [6.45, 7) is 5.81. The van der Waals surface area contributed by atoms with Crippen molar-refractivity contribution >= 4 is 46.0 Å². The van der Waals surface area contributed by atoms with E-state index in [1.54, 1.807) is 12.1 Å². The lowest BCUT2D eigenvalue weighted by Gasteiger charge is -2.37. The fourth-order valence-electron chi connectivity index (χ4n) is 7.33. The largest absolute Gasteiger partial charge is 0.298 e. The summed E-state index contributed by atoms with van der Waals surface area (Å²) >= 11 is 6.40. The predicted molar refractivity (Wildman–Crippen MR) is 146 cm³/mol. The normalized spacial score (nSPS) is 28.4. The molecule has 6 rings (SSSR count). The highest BCUT2D eigenvalue weighted by molar-refractivity contribution is 6.35. The topological polar surface area (TPSA) is 54.5 Å². The third kappa shape index (κ3) is 2.93. The maximum Gasteiger partial charge on any atom is 0.239 e. The molecule has 5 heteroatoms. The Balaban J connectivity index is 1.65. The van der Waals surface area contributed by atoms with Crippen LogP contribution in [-0.4, -0.2) is 17.6 Å². The summed E-state index contributed by atoms with van der Waals surface area (Å²) in [5, 5.41) is 0.497. The minimum atomic E-state index is -1.12. The van der Waals surface area contributed by atoms with Gasteiger partial charge in [-0.1, -0.05) is 91.7 Å². The van der Waals surface area contributed by atoms with E-state index in [1.165, 1.54) is 4.90 Å². The van der Waals surface area contributed by atoms with Crippen molar-refractivity contribution in [1.29, 1.82) is 0 Å². The number of rotatable bonds is 5. The number of ketones is 1. The molecule has 1 heterocycles. The molecule has 4 nitrogen and oxygen atoms in total. The summed E-state index contributed by atoms with van der Waals surface area (Å²) in [5.41, 5.74) is 2.77. The molecule has 1 aliphatic heterocycles. The van der Waals surface area contributed by atoms with Crippen LogP contribution in [0.5, 0.6) is 0 Å². The number of carbonyl (C=O) groups excluding carboxylic acids is 3. The number of Topliss-reactive ketones (excluding diaryl/α,β-unsaturated/α-hetero) is 1. The van der Waals surface area contributed by atoms with E-state index in [0.29, 0.717) is 23.6 Å².